The summed E-state index contributed by atoms with van der Waals surface area (Å²) < 4.78 is 24.7. The zero-order chi connectivity index (χ0) is 27.5. The molecule has 6 heteroatoms. The number of anilines is 1. The number of rotatable bonds is 10. The number of hydrogen-bond acceptors (Lipinski definition) is 5. The Morgan fingerprint density at radius 2 is 1.72 bits per heavy atom. The molecule has 206 valence electrons. The van der Waals surface area contributed by atoms with E-state index < -0.39 is 0 Å². The fraction of sp³-hybridized carbons (Fsp3) is 0.455. The maximum absolute atomic E-state index is 13.2. The summed E-state index contributed by atoms with van der Waals surface area (Å²) in [4.78, 5) is 20.2. The monoisotopic (exact) mass is 530 g/mol. The number of carbonyl (C=O) groups is 1. The molecular weight excluding hydrogens is 491 g/mol. The lowest BCUT2D eigenvalue weighted by Gasteiger charge is -2.28. The molecule has 2 fully saturated rings. The van der Waals surface area contributed by atoms with E-state index >= 15 is 0 Å². The molecule has 5 nitrogen and oxygen atoms in total. The van der Waals surface area contributed by atoms with Crippen molar-refractivity contribution in [2.24, 2.45) is 11.8 Å². The van der Waals surface area contributed by atoms with E-state index in [4.69, 9.17) is 14.5 Å². The second kappa shape index (κ2) is 11.8. The fourth-order valence-electron chi connectivity index (χ4n) is 5.82. The molecule has 0 bridgehead atoms. The highest BCUT2D eigenvalue weighted by Gasteiger charge is 2.37. The van der Waals surface area contributed by atoms with Crippen LogP contribution in [0.25, 0.3) is 11.1 Å². The molecular formula is C33H39FN2O3. The zero-order valence-corrected chi connectivity index (χ0v) is 23.5. The summed E-state index contributed by atoms with van der Waals surface area (Å²) in [6.07, 6.45) is 4.66. The van der Waals surface area contributed by atoms with Crippen molar-refractivity contribution in [2.75, 3.05) is 24.6 Å². The van der Waals surface area contributed by atoms with E-state index in [-0.39, 0.29) is 24.3 Å². The van der Waals surface area contributed by atoms with Gasteiger partial charge in [-0.15, -0.1) is 0 Å². The summed E-state index contributed by atoms with van der Waals surface area (Å²) in [6, 6.07) is 14.7. The molecule has 0 amide bonds. The van der Waals surface area contributed by atoms with E-state index in [0.29, 0.717) is 13.0 Å². The van der Waals surface area contributed by atoms with E-state index in [0.717, 1.165) is 70.0 Å². The molecule has 1 aromatic heterocycles. The standard InChI is InChI=1S/C33H39FN2O3/c1-21(2)39-31(37)19-30-22(3)35-23(4)32(33(30)36-17-15-27(20-36)25-7-8-25)26-9-13-29(14-10-26)38-18-16-24-5-11-28(34)12-6-24/h5-6,9-14,21,25,27H,7-8,15-20H2,1-4H3. The predicted molar refractivity (Wildman–Crippen MR) is 153 cm³/mol. The van der Waals surface area contributed by atoms with Gasteiger partial charge in [-0.3, -0.25) is 9.78 Å². The highest BCUT2D eigenvalue weighted by molar-refractivity contribution is 5.87. The Hall–Kier alpha value is -3.41. The van der Waals surface area contributed by atoms with Crippen LogP contribution in [0.15, 0.2) is 48.5 Å². The molecule has 2 aliphatic rings. The summed E-state index contributed by atoms with van der Waals surface area (Å²) in [5, 5.41) is 0. The summed E-state index contributed by atoms with van der Waals surface area (Å²) in [7, 11) is 0. The van der Waals surface area contributed by atoms with Gasteiger partial charge < -0.3 is 14.4 Å². The van der Waals surface area contributed by atoms with Crippen molar-refractivity contribution in [1.29, 1.82) is 0 Å². The van der Waals surface area contributed by atoms with Gasteiger partial charge in [-0.1, -0.05) is 24.3 Å². The van der Waals surface area contributed by atoms with Crippen LogP contribution in [0.1, 0.15) is 55.6 Å². The van der Waals surface area contributed by atoms with Crippen LogP contribution >= 0.6 is 0 Å². The van der Waals surface area contributed by atoms with Crippen molar-refractivity contribution < 1.29 is 18.7 Å². The van der Waals surface area contributed by atoms with E-state index in [1.165, 1.54) is 31.4 Å². The molecule has 39 heavy (non-hydrogen) atoms. The summed E-state index contributed by atoms with van der Waals surface area (Å²) in [6.45, 7) is 10.4. The van der Waals surface area contributed by atoms with E-state index in [9.17, 15) is 9.18 Å². The van der Waals surface area contributed by atoms with Gasteiger partial charge in [0, 0.05) is 42.0 Å². The predicted octanol–water partition coefficient (Wildman–Crippen LogP) is 6.86. The number of hydrogen-bond donors (Lipinski definition) is 0. The van der Waals surface area contributed by atoms with Gasteiger partial charge in [0.15, 0.2) is 0 Å². The Kier molecular flexibility index (Phi) is 8.20. The molecule has 2 heterocycles. The number of esters is 1. The lowest BCUT2D eigenvalue weighted by Crippen LogP contribution is -2.25. The van der Waals surface area contributed by atoms with Crippen molar-refractivity contribution in [3.8, 4) is 16.9 Å². The van der Waals surface area contributed by atoms with E-state index in [1.807, 2.05) is 32.9 Å². The highest BCUT2D eigenvalue weighted by atomic mass is 19.1. The van der Waals surface area contributed by atoms with Crippen LogP contribution in [-0.2, 0) is 22.4 Å². The lowest BCUT2D eigenvalue weighted by molar-refractivity contribution is -0.146. The smallest absolute Gasteiger partial charge is 0.310 e. The largest absolute Gasteiger partial charge is 0.493 e. The van der Waals surface area contributed by atoms with E-state index in [2.05, 4.69) is 24.0 Å². The van der Waals surface area contributed by atoms with Crippen molar-refractivity contribution in [3.63, 3.8) is 0 Å². The molecule has 0 spiro atoms. The van der Waals surface area contributed by atoms with Gasteiger partial charge in [0.05, 0.1) is 24.8 Å². The van der Waals surface area contributed by atoms with Crippen molar-refractivity contribution in [1.82, 2.24) is 4.98 Å². The Bertz CT molecular complexity index is 1300. The number of pyridine rings is 1. The number of aryl methyl sites for hydroxylation is 2. The first kappa shape index (κ1) is 27.2. The first-order chi connectivity index (χ1) is 18.8. The van der Waals surface area contributed by atoms with Crippen LogP contribution in [0.5, 0.6) is 5.75 Å². The zero-order valence-electron chi connectivity index (χ0n) is 23.5. The van der Waals surface area contributed by atoms with Crippen molar-refractivity contribution >= 4 is 11.7 Å². The second-order valence-electron chi connectivity index (χ2n) is 11.3. The maximum Gasteiger partial charge on any atom is 0.310 e. The van der Waals surface area contributed by atoms with Gasteiger partial charge in [-0.2, -0.15) is 0 Å². The third-order valence-corrected chi connectivity index (χ3v) is 7.89. The number of benzene rings is 2. The Morgan fingerprint density at radius 1 is 1.00 bits per heavy atom. The summed E-state index contributed by atoms with van der Waals surface area (Å²) >= 11 is 0. The highest BCUT2D eigenvalue weighted by Crippen LogP contribution is 2.45. The molecule has 1 saturated carbocycles. The molecule has 1 aliphatic carbocycles. The maximum atomic E-state index is 13.2. The van der Waals surface area contributed by atoms with Gasteiger partial charge in [0.1, 0.15) is 11.6 Å². The molecule has 0 N–H and O–H groups in total. The molecule has 2 aromatic carbocycles. The topological polar surface area (TPSA) is 51.7 Å². The number of nitrogens with zero attached hydrogens (tertiary/aromatic N) is 2. The quantitative estimate of drug-likeness (QED) is 0.268. The number of ether oxygens (including phenoxy) is 2. The van der Waals surface area contributed by atoms with Crippen molar-refractivity contribution in [3.05, 3.63) is 76.9 Å². The Morgan fingerprint density at radius 3 is 2.38 bits per heavy atom. The molecule has 5 rings (SSSR count). The summed E-state index contributed by atoms with van der Waals surface area (Å²) in [5.74, 6) is 1.92. The molecule has 3 aromatic rings. The minimum Gasteiger partial charge on any atom is -0.493 e. The van der Waals surface area contributed by atoms with Gasteiger partial charge in [-0.05, 0) is 94.2 Å². The van der Waals surface area contributed by atoms with Crippen molar-refractivity contribution in [2.45, 2.75) is 65.9 Å². The Labute approximate surface area is 231 Å². The van der Waals surface area contributed by atoms with Gasteiger partial charge in [0.25, 0.3) is 0 Å². The molecule has 0 radical (unpaired) electrons. The van der Waals surface area contributed by atoms with Gasteiger partial charge >= 0.3 is 5.97 Å². The average molecular weight is 531 g/mol. The van der Waals surface area contributed by atoms with Crippen LogP contribution in [0, 0.1) is 31.5 Å². The molecule has 1 atom stereocenters. The lowest BCUT2D eigenvalue weighted by atomic mass is 9.95. The van der Waals surface area contributed by atoms with Crippen LogP contribution < -0.4 is 9.64 Å². The van der Waals surface area contributed by atoms with Gasteiger partial charge in [-0.25, -0.2) is 4.39 Å². The minimum absolute atomic E-state index is 0.152. The number of carbonyl (C=O) groups excluding carboxylic acids is 1. The van der Waals surface area contributed by atoms with Crippen LogP contribution in [-0.4, -0.2) is 36.8 Å². The normalized spacial score (nSPS) is 17.1. The summed E-state index contributed by atoms with van der Waals surface area (Å²) in [5.41, 5.74) is 7.14. The first-order valence-corrected chi connectivity index (χ1v) is 14.2. The van der Waals surface area contributed by atoms with Crippen LogP contribution in [0.2, 0.25) is 0 Å². The van der Waals surface area contributed by atoms with Crippen LogP contribution in [0.3, 0.4) is 0 Å². The minimum atomic E-state index is -0.229. The second-order valence-corrected chi connectivity index (χ2v) is 11.3. The number of aromatic nitrogens is 1. The molecule has 1 saturated heterocycles. The Balaban J connectivity index is 1.41. The SMILES string of the molecule is Cc1nc(C)c(-c2ccc(OCCc3ccc(F)cc3)cc2)c(N2CCC(C3CC3)C2)c1CC(=O)OC(C)C. The third kappa shape index (κ3) is 6.60. The van der Waals surface area contributed by atoms with Gasteiger partial charge in [0.2, 0.25) is 0 Å². The fourth-order valence-corrected chi connectivity index (χ4v) is 5.82. The molecule has 1 aliphatic heterocycles. The van der Waals surface area contributed by atoms with E-state index in [1.54, 1.807) is 12.1 Å². The first-order valence-electron chi connectivity index (χ1n) is 14.2. The third-order valence-electron chi connectivity index (χ3n) is 7.89. The average Bonchev–Trinajstić information content (AvgIpc) is 3.63. The molecule has 1 unspecified atom stereocenters. The number of halogens is 1. The van der Waals surface area contributed by atoms with Crippen LogP contribution in [0.4, 0.5) is 10.1 Å².